The Morgan fingerprint density at radius 3 is 2.83 bits per heavy atom. The second-order valence-corrected chi connectivity index (χ2v) is 6.68. The Hall–Kier alpha value is -2.45. The van der Waals surface area contributed by atoms with E-state index in [4.69, 9.17) is 4.42 Å². The number of thioether (sulfide) groups is 1. The number of hydrogen-bond donors (Lipinski definition) is 2. The fourth-order valence-corrected chi connectivity index (χ4v) is 3.52. The topological polar surface area (TPSA) is 88.0 Å². The van der Waals surface area contributed by atoms with Crippen LogP contribution in [0.2, 0.25) is 0 Å². The molecule has 0 atom stereocenters. The number of H-pyrrole nitrogens is 1. The first-order valence-electron chi connectivity index (χ1n) is 6.65. The van der Waals surface area contributed by atoms with Gasteiger partial charge in [0.1, 0.15) is 5.76 Å². The molecule has 3 heterocycles. The molecule has 4 rings (SSSR count). The lowest BCUT2D eigenvalue weighted by atomic mass is 10.3. The molecular weight excluding hydrogens is 334 g/mol. The van der Waals surface area contributed by atoms with Crippen molar-refractivity contribution >= 4 is 51.8 Å². The summed E-state index contributed by atoms with van der Waals surface area (Å²) in [5.74, 6) is 0.110. The number of aromatic amines is 1. The van der Waals surface area contributed by atoms with E-state index in [1.165, 1.54) is 11.8 Å². The molecule has 0 spiro atoms. The number of carbonyl (C=O) groups excluding carboxylic acids is 2. The van der Waals surface area contributed by atoms with Crippen LogP contribution in [0.25, 0.3) is 17.1 Å². The molecule has 1 fully saturated rings. The molecule has 1 aliphatic heterocycles. The third kappa shape index (κ3) is 2.90. The summed E-state index contributed by atoms with van der Waals surface area (Å²) in [6, 6.07) is 11.3. The van der Waals surface area contributed by atoms with E-state index in [9.17, 15) is 9.59 Å². The molecule has 0 unspecified atom stereocenters. The molecule has 1 aliphatic rings. The number of fused-ring (bicyclic) bond motifs is 1. The van der Waals surface area contributed by atoms with Crippen LogP contribution in [-0.4, -0.2) is 21.1 Å². The van der Waals surface area contributed by atoms with Gasteiger partial charge in [-0.3, -0.25) is 14.9 Å². The molecule has 2 amide bonds. The zero-order valence-corrected chi connectivity index (χ0v) is 13.2. The SMILES string of the molecule is O=C1NC(=O)/C(=C\c2ccc(Sc3nc4ccccc4[nH]3)o2)S1. The maximum Gasteiger partial charge on any atom is 0.290 e. The highest BCUT2D eigenvalue weighted by Gasteiger charge is 2.25. The molecule has 1 aromatic carbocycles. The summed E-state index contributed by atoms with van der Waals surface area (Å²) in [6.07, 6.45) is 1.55. The largest absolute Gasteiger partial charge is 0.450 e. The van der Waals surface area contributed by atoms with Crippen molar-refractivity contribution in [3.8, 4) is 0 Å². The third-order valence-electron chi connectivity index (χ3n) is 3.08. The lowest BCUT2D eigenvalue weighted by molar-refractivity contribution is -0.115. The maximum atomic E-state index is 11.5. The van der Waals surface area contributed by atoms with Gasteiger partial charge in [0.2, 0.25) is 0 Å². The molecule has 0 radical (unpaired) electrons. The molecule has 6 nitrogen and oxygen atoms in total. The Labute approximate surface area is 138 Å². The van der Waals surface area contributed by atoms with Crippen LogP contribution in [0.5, 0.6) is 0 Å². The first kappa shape index (κ1) is 14.2. The van der Waals surface area contributed by atoms with Crippen molar-refractivity contribution in [3.05, 3.63) is 47.1 Å². The quantitative estimate of drug-likeness (QED) is 0.706. The van der Waals surface area contributed by atoms with E-state index in [2.05, 4.69) is 15.3 Å². The summed E-state index contributed by atoms with van der Waals surface area (Å²) in [6.45, 7) is 0. The van der Waals surface area contributed by atoms with E-state index < -0.39 is 5.91 Å². The van der Waals surface area contributed by atoms with E-state index in [-0.39, 0.29) is 5.24 Å². The van der Waals surface area contributed by atoms with Crippen molar-refractivity contribution < 1.29 is 14.0 Å². The minimum atomic E-state index is -0.400. The van der Waals surface area contributed by atoms with Crippen molar-refractivity contribution in [3.63, 3.8) is 0 Å². The number of imide groups is 1. The lowest BCUT2D eigenvalue weighted by Gasteiger charge is -1.92. The van der Waals surface area contributed by atoms with Gasteiger partial charge in [-0.05, 0) is 47.8 Å². The number of nitrogens with zero attached hydrogens (tertiary/aromatic N) is 1. The van der Waals surface area contributed by atoms with Crippen molar-refractivity contribution in [2.24, 2.45) is 0 Å². The number of nitrogens with one attached hydrogen (secondary N) is 2. The normalized spacial score (nSPS) is 16.4. The summed E-state index contributed by atoms with van der Waals surface area (Å²) in [7, 11) is 0. The van der Waals surface area contributed by atoms with E-state index in [1.54, 1.807) is 18.2 Å². The van der Waals surface area contributed by atoms with Crippen LogP contribution < -0.4 is 5.32 Å². The molecule has 2 N–H and O–H groups in total. The van der Waals surface area contributed by atoms with Crippen molar-refractivity contribution in [2.45, 2.75) is 10.2 Å². The smallest absolute Gasteiger partial charge is 0.290 e. The highest BCUT2D eigenvalue weighted by molar-refractivity contribution is 8.18. The second-order valence-electron chi connectivity index (χ2n) is 4.67. The van der Waals surface area contributed by atoms with Crippen LogP contribution in [0.3, 0.4) is 0 Å². The molecule has 0 saturated carbocycles. The van der Waals surface area contributed by atoms with Crippen molar-refractivity contribution in [2.75, 3.05) is 0 Å². The van der Waals surface area contributed by atoms with Crippen LogP contribution >= 0.6 is 23.5 Å². The average molecular weight is 343 g/mol. The molecule has 114 valence electrons. The number of benzene rings is 1. The average Bonchev–Trinajstić information content (AvgIpc) is 3.19. The zero-order valence-electron chi connectivity index (χ0n) is 11.5. The monoisotopic (exact) mass is 343 g/mol. The Balaban J connectivity index is 1.55. The number of imidazole rings is 1. The Morgan fingerprint density at radius 1 is 1.17 bits per heavy atom. The van der Waals surface area contributed by atoms with Crippen LogP contribution in [-0.2, 0) is 4.79 Å². The zero-order chi connectivity index (χ0) is 15.8. The third-order valence-corrected chi connectivity index (χ3v) is 4.70. The summed E-state index contributed by atoms with van der Waals surface area (Å²) in [5.41, 5.74) is 1.85. The van der Waals surface area contributed by atoms with Gasteiger partial charge >= 0.3 is 0 Å². The van der Waals surface area contributed by atoms with E-state index in [0.29, 0.717) is 15.8 Å². The number of hydrogen-bond acceptors (Lipinski definition) is 6. The van der Waals surface area contributed by atoms with Crippen LogP contribution in [0.15, 0.2) is 56.0 Å². The van der Waals surface area contributed by atoms with Gasteiger partial charge in [-0.25, -0.2) is 4.98 Å². The Morgan fingerprint density at radius 2 is 2.04 bits per heavy atom. The van der Waals surface area contributed by atoms with Crippen LogP contribution in [0.4, 0.5) is 4.79 Å². The first-order chi connectivity index (χ1) is 11.2. The van der Waals surface area contributed by atoms with Gasteiger partial charge in [-0.15, -0.1) is 0 Å². The predicted molar refractivity (Wildman–Crippen MR) is 88.0 cm³/mol. The van der Waals surface area contributed by atoms with E-state index in [1.807, 2.05) is 24.3 Å². The van der Waals surface area contributed by atoms with Gasteiger partial charge in [0.05, 0.1) is 15.9 Å². The van der Waals surface area contributed by atoms with Gasteiger partial charge in [-0.2, -0.15) is 0 Å². The van der Waals surface area contributed by atoms with Gasteiger partial charge < -0.3 is 9.40 Å². The number of para-hydroxylation sites is 2. The molecular formula is C15H9N3O3S2. The van der Waals surface area contributed by atoms with Crippen molar-refractivity contribution in [1.82, 2.24) is 15.3 Å². The molecule has 8 heteroatoms. The molecule has 23 heavy (non-hydrogen) atoms. The van der Waals surface area contributed by atoms with Gasteiger partial charge in [0.25, 0.3) is 11.1 Å². The Bertz CT molecular complexity index is 925. The summed E-state index contributed by atoms with van der Waals surface area (Å²) >= 11 is 2.22. The number of amides is 2. The highest BCUT2D eigenvalue weighted by Crippen LogP contribution is 2.31. The number of aromatic nitrogens is 2. The maximum absolute atomic E-state index is 11.5. The first-order valence-corrected chi connectivity index (χ1v) is 8.28. The summed E-state index contributed by atoms with van der Waals surface area (Å²) < 4.78 is 5.65. The predicted octanol–water partition coefficient (Wildman–Crippen LogP) is 3.63. The summed E-state index contributed by atoms with van der Waals surface area (Å²) in [4.78, 5) is 30.6. The molecule has 0 bridgehead atoms. The fraction of sp³-hybridized carbons (Fsp3) is 0. The van der Waals surface area contributed by atoms with E-state index >= 15 is 0 Å². The summed E-state index contributed by atoms with van der Waals surface area (Å²) in [5, 5.41) is 3.20. The number of carbonyl (C=O) groups is 2. The molecule has 0 aliphatic carbocycles. The Kier molecular flexibility index (Phi) is 3.47. The lowest BCUT2D eigenvalue weighted by Crippen LogP contribution is -2.17. The van der Waals surface area contributed by atoms with E-state index in [0.717, 1.165) is 28.0 Å². The number of furan rings is 1. The van der Waals surface area contributed by atoms with Crippen LogP contribution in [0.1, 0.15) is 5.76 Å². The molecule has 3 aromatic rings. The second kappa shape index (κ2) is 5.64. The van der Waals surface area contributed by atoms with Crippen LogP contribution in [0, 0.1) is 0 Å². The highest BCUT2D eigenvalue weighted by atomic mass is 32.2. The number of rotatable bonds is 3. The molecule has 2 aromatic heterocycles. The van der Waals surface area contributed by atoms with Gasteiger partial charge in [-0.1, -0.05) is 12.1 Å². The fourth-order valence-electron chi connectivity index (χ4n) is 2.09. The standard InChI is InChI=1S/C15H9N3O3S2/c19-13-11(22-15(20)18-13)7-8-5-6-12(21-8)23-14-16-9-3-1-2-4-10(9)17-14/h1-7H,(H,16,17)(H,18,19,20)/b11-7+. The minimum absolute atomic E-state index is 0.324. The van der Waals surface area contributed by atoms with Crippen molar-refractivity contribution in [1.29, 1.82) is 0 Å². The minimum Gasteiger partial charge on any atom is -0.450 e. The molecule has 1 saturated heterocycles. The van der Waals surface area contributed by atoms with Gasteiger partial charge in [0, 0.05) is 6.08 Å². The van der Waals surface area contributed by atoms with Gasteiger partial charge in [0.15, 0.2) is 10.2 Å².